The van der Waals surface area contributed by atoms with Gasteiger partial charge in [-0.2, -0.15) is 0 Å². The van der Waals surface area contributed by atoms with Crippen LogP contribution in [0.15, 0.2) is 0 Å². The van der Waals surface area contributed by atoms with Gasteiger partial charge in [-0.25, -0.2) is 4.79 Å². The summed E-state index contributed by atoms with van der Waals surface area (Å²) < 4.78 is 0. The molecule has 16 heavy (non-hydrogen) atoms. The lowest BCUT2D eigenvalue weighted by atomic mass is 10.1. The lowest BCUT2D eigenvalue weighted by Crippen LogP contribution is -2.38. The minimum Gasteiger partial charge on any atom is -0.481 e. The number of likely N-dealkylation sites (tertiary alicyclic amines) is 1. The summed E-state index contributed by atoms with van der Waals surface area (Å²) in [6.45, 7) is 4.24. The molecule has 1 rings (SSSR count). The van der Waals surface area contributed by atoms with Crippen molar-refractivity contribution in [1.29, 1.82) is 0 Å². The smallest absolute Gasteiger partial charge is 0.317 e. The number of carboxylic acids is 1. The average molecular weight is 228 g/mol. The number of nitrogens with zero attached hydrogens (tertiary/aromatic N) is 1. The first-order valence-corrected chi connectivity index (χ1v) is 5.88. The minimum absolute atomic E-state index is 0.0543. The molecule has 1 fully saturated rings. The number of rotatable bonds is 5. The van der Waals surface area contributed by atoms with Gasteiger partial charge in [0.15, 0.2) is 0 Å². The van der Waals surface area contributed by atoms with Gasteiger partial charge in [-0.15, -0.1) is 0 Å². The normalized spacial score (nSPS) is 19.8. The first-order valence-electron chi connectivity index (χ1n) is 5.88. The summed E-state index contributed by atoms with van der Waals surface area (Å²) in [7, 11) is 0. The molecule has 5 nitrogen and oxygen atoms in total. The average Bonchev–Trinajstić information content (AvgIpc) is 2.72. The number of carbonyl (C=O) groups excluding carboxylic acids is 1. The number of urea groups is 1. The summed E-state index contributed by atoms with van der Waals surface area (Å²) in [4.78, 5) is 23.7. The minimum atomic E-state index is -0.818. The zero-order chi connectivity index (χ0) is 12.0. The second kappa shape index (κ2) is 6.35. The van der Waals surface area contributed by atoms with E-state index in [4.69, 9.17) is 5.11 Å². The van der Waals surface area contributed by atoms with Gasteiger partial charge < -0.3 is 15.3 Å². The van der Waals surface area contributed by atoms with Crippen molar-refractivity contribution in [2.24, 2.45) is 5.92 Å². The summed E-state index contributed by atoms with van der Waals surface area (Å²) in [6.07, 6.45) is 2.80. The monoisotopic (exact) mass is 228 g/mol. The maximum atomic E-state index is 11.6. The van der Waals surface area contributed by atoms with Crippen LogP contribution in [0.2, 0.25) is 0 Å². The van der Waals surface area contributed by atoms with Crippen LogP contribution in [0.1, 0.15) is 32.6 Å². The van der Waals surface area contributed by atoms with E-state index in [9.17, 15) is 9.59 Å². The van der Waals surface area contributed by atoms with Gasteiger partial charge in [-0.1, -0.05) is 13.3 Å². The molecule has 1 saturated heterocycles. The van der Waals surface area contributed by atoms with Crippen molar-refractivity contribution in [2.45, 2.75) is 32.6 Å². The Kier molecular flexibility index (Phi) is 5.08. The largest absolute Gasteiger partial charge is 0.481 e. The highest BCUT2D eigenvalue weighted by Gasteiger charge is 2.24. The Hall–Kier alpha value is -1.26. The predicted molar refractivity (Wildman–Crippen MR) is 60.2 cm³/mol. The maximum absolute atomic E-state index is 11.6. The number of aliphatic carboxylic acids is 1. The molecule has 0 radical (unpaired) electrons. The summed E-state index contributed by atoms with van der Waals surface area (Å²) in [5.41, 5.74) is 0. The van der Waals surface area contributed by atoms with Crippen molar-refractivity contribution in [3.05, 3.63) is 0 Å². The van der Waals surface area contributed by atoms with Gasteiger partial charge in [0.05, 0.1) is 0 Å². The summed E-state index contributed by atoms with van der Waals surface area (Å²) in [5.74, 6) is -0.189. The zero-order valence-electron chi connectivity index (χ0n) is 9.74. The summed E-state index contributed by atoms with van der Waals surface area (Å²) in [6, 6.07) is -0.0543. The number of hydrogen-bond acceptors (Lipinski definition) is 2. The van der Waals surface area contributed by atoms with Gasteiger partial charge in [0.25, 0.3) is 0 Å². The van der Waals surface area contributed by atoms with Gasteiger partial charge in [0, 0.05) is 26.1 Å². The molecule has 1 unspecified atom stereocenters. The molecule has 0 aromatic carbocycles. The van der Waals surface area contributed by atoms with Gasteiger partial charge in [-0.05, 0) is 18.8 Å². The van der Waals surface area contributed by atoms with E-state index in [1.54, 1.807) is 0 Å². The third kappa shape index (κ3) is 4.08. The Labute approximate surface area is 95.8 Å². The molecular formula is C11H20N2O3. The standard InChI is InChI=1S/C11H20N2O3/c1-2-9-5-7-13(8-9)11(16)12-6-3-4-10(14)15/h9H,2-8H2,1H3,(H,12,16)(H,14,15). The molecule has 2 amide bonds. The fourth-order valence-corrected chi connectivity index (χ4v) is 1.90. The predicted octanol–water partition coefficient (Wildman–Crippen LogP) is 1.29. The molecule has 0 aromatic rings. The molecule has 92 valence electrons. The van der Waals surface area contributed by atoms with Crippen LogP contribution >= 0.6 is 0 Å². The molecule has 0 aromatic heterocycles. The first kappa shape index (κ1) is 12.8. The molecular weight excluding hydrogens is 208 g/mol. The van der Waals surface area contributed by atoms with Crippen LogP contribution in [0.3, 0.4) is 0 Å². The number of nitrogens with one attached hydrogen (secondary N) is 1. The Morgan fingerprint density at radius 3 is 2.81 bits per heavy atom. The molecule has 0 spiro atoms. The highest BCUT2D eigenvalue weighted by Crippen LogP contribution is 2.18. The van der Waals surface area contributed by atoms with Crippen molar-refractivity contribution in [3.8, 4) is 0 Å². The quantitative estimate of drug-likeness (QED) is 0.697. The summed E-state index contributed by atoms with van der Waals surface area (Å²) in [5, 5.41) is 11.2. The van der Waals surface area contributed by atoms with Crippen LogP contribution in [0.5, 0.6) is 0 Å². The lowest BCUT2D eigenvalue weighted by Gasteiger charge is -2.16. The van der Waals surface area contributed by atoms with Crippen LogP contribution in [0.25, 0.3) is 0 Å². The zero-order valence-corrected chi connectivity index (χ0v) is 9.74. The molecule has 1 heterocycles. The van der Waals surface area contributed by atoms with Crippen LogP contribution in [0.4, 0.5) is 4.79 Å². The molecule has 1 aliphatic rings. The van der Waals surface area contributed by atoms with Crippen molar-refractivity contribution >= 4 is 12.0 Å². The van der Waals surface area contributed by atoms with E-state index < -0.39 is 5.97 Å². The number of amides is 2. The van der Waals surface area contributed by atoms with Crippen LogP contribution in [-0.2, 0) is 4.79 Å². The molecule has 5 heteroatoms. The fraction of sp³-hybridized carbons (Fsp3) is 0.818. The Morgan fingerprint density at radius 1 is 1.50 bits per heavy atom. The fourth-order valence-electron chi connectivity index (χ4n) is 1.90. The molecule has 0 aliphatic carbocycles. The van der Waals surface area contributed by atoms with Gasteiger partial charge in [-0.3, -0.25) is 4.79 Å². The Bertz CT molecular complexity index is 256. The topological polar surface area (TPSA) is 69.6 Å². The molecule has 1 aliphatic heterocycles. The number of carboxylic acid groups (broad SMARTS) is 1. The third-order valence-corrected chi connectivity index (χ3v) is 2.99. The van der Waals surface area contributed by atoms with E-state index in [1.807, 2.05) is 4.90 Å². The number of hydrogen-bond donors (Lipinski definition) is 2. The van der Waals surface area contributed by atoms with Crippen LogP contribution in [0, 0.1) is 5.92 Å². The van der Waals surface area contributed by atoms with Crippen molar-refractivity contribution in [3.63, 3.8) is 0 Å². The van der Waals surface area contributed by atoms with Crippen LogP contribution < -0.4 is 5.32 Å². The van der Waals surface area contributed by atoms with E-state index in [1.165, 1.54) is 0 Å². The van der Waals surface area contributed by atoms with Crippen molar-refractivity contribution < 1.29 is 14.7 Å². The Morgan fingerprint density at radius 2 is 2.25 bits per heavy atom. The number of carbonyl (C=O) groups is 2. The third-order valence-electron chi connectivity index (χ3n) is 2.99. The van der Waals surface area contributed by atoms with Crippen LogP contribution in [-0.4, -0.2) is 41.6 Å². The van der Waals surface area contributed by atoms with E-state index in [0.717, 1.165) is 25.9 Å². The maximum Gasteiger partial charge on any atom is 0.317 e. The van der Waals surface area contributed by atoms with Gasteiger partial charge in [0.1, 0.15) is 0 Å². The van der Waals surface area contributed by atoms with Crippen molar-refractivity contribution in [1.82, 2.24) is 10.2 Å². The highest BCUT2D eigenvalue weighted by molar-refractivity contribution is 5.74. The lowest BCUT2D eigenvalue weighted by molar-refractivity contribution is -0.137. The second-order valence-electron chi connectivity index (χ2n) is 4.24. The SMILES string of the molecule is CCC1CCN(C(=O)NCCCC(=O)O)C1. The Balaban J connectivity index is 2.13. The van der Waals surface area contributed by atoms with E-state index >= 15 is 0 Å². The molecule has 0 saturated carbocycles. The van der Waals surface area contributed by atoms with Gasteiger partial charge >= 0.3 is 12.0 Å². The summed E-state index contributed by atoms with van der Waals surface area (Å²) >= 11 is 0. The van der Waals surface area contributed by atoms with Crippen molar-refractivity contribution in [2.75, 3.05) is 19.6 Å². The first-order chi connectivity index (χ1) is 7.63. The van der Waals surface area contributed by atoms with E-state index in [0.29, 0.717) is 18.9 Å². The molecule has 1 atom stereocenters. The highest BCUT2D eigenvalue weighted by atomic mass is 16.4. The second-order valence-corrected chi connectivity index (χ2v) is 4.24. The van der Waals surface area contributed by atoms with Gasteiger partial charge in [0.2, 0.25) is 0 Å². The molecule has 2 N–H and O–H groups in total. The molecule has 0 bridgehead atoms. The van der Waals surface area contributed by atoms with E-state index in [2.05, 4.69) is 12.2 Å². The van der Waals surface area contributed by atoms with E-state index in [-0.39, 0.29) is 12.5 Å².